The fraction of sp³-hybridized carbons (Fsp3) is 0.348. The van der Waals surface area contributed by atoms with Gasteiger partial charge in [-0.3, -0.25) is 0 Å². The van der Waals surface area contributed by atoms with Crippen LogP contribution in [0.25, 0.3) is 11.3 Å². The molecule has 0 unspecified atom stereocenters. The van der Waals surface area contributed by atoms with Crippen molar-refractivity contribution >= 4 is 26.3 Å². The molecule has 1 aliphatic rings. The van der Waals surface area contributed by atoms with Gasteiger partial charge in [0, 0.05) is 24.0 Å². The van der Waals surface area contributed by atoms with Crippen molar-refractivity contribution in [2.75, 3.05) is 18.0 Å². The number of piperidine rings is 1. The Bertz CT molecular complexity index is 1230. The minimum atomic E-state index is -4.71. The molecule has 2 aromatic carbocycles. The molecule has 0 aliphatic carbocycles. The lowest BCUT2D eigenvalue weighted by atomic mass is 10.1. The average Bonchev–Trinajstić information content (AvgIpc) is 3.25. The summed E-state index contributed by atoms with van der Waals surface area (Å²) in [5.74, 6) is 0. The maximum Gasteiger partial charge on any atom is 0.417 e. The van der Waals surface area contributed by atoms with Crippen LogP contribution in [0, 0.1) is 13.8 Å². The Labute approximate surface area is 189 Å². The molecule has 170 valence electrons. The largest absolute Gasteiger partial charge is 0.417 e. The smallest absolute Gasteiger partial charge is 0.348 e. The van der Waals surface area contributed by atoms with Crippen molar-refractivity contribution in [1.82, 2.24) is 4.98 Å². The Morgan fingerprint density at radius 3 is 2.38 bits per heavy atom. The molecule has 4 rings (SSSR count). The van der Waals surface area contributed by atoms with E-state index in [-0.39, 0.29) is 12.8 Å². The standard InChI is InChI=1S/C23H23F3N2O2S2/c1-15-7-8-17(13-16(15)2)20-14-31-22(27-20)28-11-9-18(10-12-28)32(29,30)21-6-4-3-5-19(21)23(24,25)26/h3-8,13-14,18H,9-12H2,1-2H3. The summed E-state index contributed by atoms with van der Waals surface area (Å²) in [5.41, 5.74) is 3.18. The highest BCUT2D eigenvalue weighted by Gasteiger charge is 2.40. The van der Waals surface area contributed by atoms with Gasteiger partial charge in [-0.15, -0.1) is 11.3 Å². The van der Waals surface area contributed by atoms with Gasteiger partial charge < -0.3 is 4.90 Å². The molecular formula is C23H23F3N2O2S2. The highest BCUT2D eigenvalue weighted by molar-refractivity contribution is 7.92. The fourth-order valence-corrected chi connectivity index (χ4v) is 6.77. The Morgan fingerprint density at radius 1 is 1.03 bits per heavy atom. The molecule has 1 aromatic heterocycles. The van der Waals surface area contributed by atoms with Crippen LogP contribution in [-0.4, -0.2) is 31.7 Å². The summed E-state index contributed by atoms with van der Waals surface area (Å²) in [6, 6.07) is 10.6. The number of alkyl halides is 3. The van der Waals surface area contributed by atoms with Gasteiger partial charge in [0.25, 0.3) is 0 Å². The second-order valence-corrected chi connectivity index (χ2v) is 11.1. The molecule has 3 aromatic rings. The lowest BCUT2D eigenvalue weighted by molar-refractivity contribution is -0.139. The Balaban J connectivity index is 1.49. The minimum absolute atomic E-state index is 0.257. The first-order valence-electron chi connectivity index (χ1n) is 10.3. The van der Waals surface area contributed by atoms with Crippen molar-refractivity contribution in [1.29, 1.82) is 0 Å². The van der Waals surface area contributed by atoms with E-state index in [4.69, 9.17) is 4.98 Å². The number of hydrogen-bond donors (Lipinski definition) is 0. The molecule has 0 N–H and O–H groups in total. The van der Waals surface area contributed by atoms with Crippen LogP contribution in [0.5, 0.6) is 0 Å². The zero-order valence-electron chi connectivity index (χ0n) is 17.7. The minimum Gasteiger partial charge on any atom is -0.348 e. The number of anilines is 1. The molecule has 0 radical (unpaired) electrons. The molecule has 0 amide bonds. The molecule has 4 nitrogen and oxygen atoms in total. The van der Waals surface area contributed by atoms with Gasteiger partial charge in [0.15, 0.2) is 15.0 Å². The maximum absolute atomic E-state index is 13.3. The third kappa shape index (κ3) is 4.41. The lowest BCUT2D eigenvalue weighted by Crippen LogP contribution is -2.39. The topological polar surface area (TPSA) is 50.3 Å². The number of benzene rings is 2. The molecule has 2 heterocycles. The van der Waals surface area contributed by atoms with Crippen LogP contribution in [0.4, 0.5) is 18.3 Å². The highest BCUT2D eigenvalue weighted by Crippen LogP contribution is 2.37. The number of nitrogens with zero attached hydrogens (tertiary/aromatic N) is 2. The SMILES string of the molecule is Cc1ccc(-c2csc(N3CCC(S(=O)(=O)c4ccccc4C(F)(F)F)CC3)n2)cc1C. The first-order chi connectivity index (χ1) is 15.1. The van der Waals surface area contributed by atoms with Gasteiger partial charge in [0.2, 0.25) is 0 Å². The number of hydrogen-bond acceptors (Lipinski definition) is 5. The van der Waals surface area contributed by atoms with Crippen LogP contribution >= 0.6 is 11.3 Å². The molecule has 0 atom stereocenters. The van der Waals surface area contributed by atoms with Crippen molar-refractivity contribution in [2.45, 2.75) is 43.0 Å². The summed E-state index contributed by atoms with van der Waals surface area (Å²) < 4.78 is 66.0. The quantitative estimate of drug-likeness (QED) is 0.467. The lowest BCUT2D eigenvalue weighted by Gasteiger charge is -2.31. The monoisotopic (exact) mass is 480 g/mol. The second kappa shape index (κ2) is 8.51. The summed E-state index contributed by atoms with van der Waals surface area (Å²) in [7, 11) is -4.09. The van der Waals surface area contributed by atoms with Gasteiger partial charge in [-0.05, 0) is 56.0 Å². The van der Waals surface area contributed by atoms with Crippen LogP contribution in [0.15, 0.2) is 52.7 Å². The molecule has 0 spiro atoms. The van der Waals surface area contributed by atoms with Crippen LogP contribution in [-0.2, 0) is 16.0 Å². The van der Waals surface area contributed by atoms with Gasteiger partial charge in [-0.25, -0.2) is 13.4 Å². The van der Waals surface area contributed by atoms with Crippen LogP contribution in [0.3, 0.4) is 0 Å². The van der Waals surface area contributed by atoms with Crippen LogP contribution in [0.2, 0.25) is 0 Å². The zero-order valence-corrected chi connectivity index (χ0v) is 19.3. The van der Waals surface area contributed by atoms with Crippen molar-refractivity contribution in [3.8, 4) is 11.3 Å². The second-order valence-electron chi connectivity index (χ2n) is 8.04. The Kier molecular flexibility index (Phi) is 6.06. The molecule has 1 aliphatic heterocycles. The molecular weight excluding hydrogens is 457 g/mol. The maximum atomic E-state index is 13.3. The number of thiazole rings is 1. The van der Waals surface area contributed by atoms with E-state index < -0.39 is 31.7 Å². The van der Waals surface area contributed by atoms with Gasteiger partial charge in [0.05, 0.1) is 21.4 Å². The van der Waals surface area contributed by atoms with E-state index >= 15 is 0 Å². The third-order valence-electron chi connectivity index (χ3n) is 5.95. The van der Waals surface area contributed by atoms with Gasteiger partial charge in [-0.2, -0.15) is 13.2 Å². The molecule has 1 saturated heterocycles. The van der Waals surface area contributed by atoms with E-state index in [2.05, 4.69) is 19.1 Å². The van der Waals surface area contributed by atoms with Crippen molar-refractivity contribution in [2.24, 2.45) is 0 Å². The summed E-state index contributed by atoms with van der Waals surface area (Å²) in [6.45, 7) is 4.96. The number of sulfone groups is 1. The third-order valence-corrected chi connectivity index (χ3v) is 9.16. The predicted octanol–water partition coefficient (Wildman–Crippen LogP) is 5.89. The fourth-order valence-electron chi connectivity index (χ4n) is 3.93. The van der Waals surface area contributed by atoms with E-state index in [9.17, 15) is 21.6 Å². The Morgan fingerprint density at radius 2 is 1.72 bits per heavy atom. The molecule has 1 fully saturated rings. The normalized spacial score (nSPS) is 15.8. The number of aryl methyl sites for hydroxylation is 2. The van der Waals surface area contributed by atoms with Gasteiger partial charge >= 0.3 is 6.18 Å². The van der Waals surface area contributed by atoms with Crippen molar-refractivity contribution < 1.29 is 21.6 Å². The number of aromatic nitrogens is 1. The van der Waals surface area contributed by atoms with E-state index in [1.807, 2.05) is 23.3 Å². The van der Waals surface area contributed by atoms with Crippen molar-refractivity contribution in [3.05, 3.63) is 64.5 Å². The van der Waals surface area contributed by atoms with Crippen LogP contribution < -0.4 is 4.90 Å². The zero-order chi connectivity index (χ0) is 23.1. The number of halogens is 3. The van der Waals surface area contributed by atoms with E-state index in [1.165, 1.54) is 34.6 Å². The molecule has 32 heavy (non-hydrogen) atoms. The van der Waals surface area contributed by atoms with Gasteiger partial charge in [0.1, 0.15) is 0 Å². The first kappa shape index (κ1) is 22.8. The summed E-state index contributed by atoms with van der Waals surface area (Å²) in [6.07, 6.45) is -4.20. The first-order valence-corrected chi connectivity index (χ1v) is 12.7. The average molecular weight is 481 g/mol. The van der Waals surface area contributed by atoms with E-state index in [0.717, 1.165) is 28.5 Å². The molecule has 0 saturated carbocycles. The van der Waals surface area contributed by atoms with E-state index in [1.54, 1.807) is 0 Å². The Hall–Kier alpha value is -2.39. The number of rotatable bonds is 4. The van der Waals surface area contributed by atoms with Crippen molar-refractivity contribution in [3.63, 3.8) is 0 Å². The summed E-state index contributed by atoms with van der Waals surface area (Å²) in [4.78, 5) is 6.10. The van der Waals surface area contributed by atoms with E-state index in [0.29, 0.717) is 13.1 Å². The summed E-state index contributed by atoms with van der Waals surface area (Å²) >= 11 is 1.49. The molecule has 0 bridgehead atoms. The highest BCUT2D eigenvalue weighted by atomic mass is 32.2. The predicted molar refractivity (Wildman–Crippen MR) is 121 cm³/mol. The van der Waals surface area contributed by atoms with Crippen LogP contribution in [0.1, 0.15) is 29.5 Å². The summed E-state index contributed by atoms with van der Waals surface area (Å²) in [5, 5.41) is 1.92. The van der Waals surface area contributed by atoms with Gasteiger partial charge in [-0.1, -0.05) is 24.3 Å². The molecule has 9 heteroatoms.